The second kappa shape index (κ2) is 9.32. The minimum absolute atomic E-state index is 0.0469. The van der Waals surface area contributed by atoms with Gasteiger partial charge in [0.05, 0.1) is 26.0 Å². The van der Waals surface area contributed by atoms with Crippen molar-refractivity contribution < 1.29 is 18.7 Å². The lowest BCUT2D eigenvalue weighted by Gasteiger charge is -2.16. The Balaban J connectivity index is 1.84. The first-order valence-electron chi connectivity index (χ1n) is 7.87. The van der Waals surface area contributed by atoms with E-state index in [-0.39, 0.29) is 17.8 Å². The molecule has 0 aliphatic heterocycles. The molecule has 25 heavy (non-hydrogen) atoms. The number of carbonyl (C=O) groups excluding carboxylic acids is 1. The summed E-state index contributed by atoms with van der Waals surface area (Å²) < 4.78 is 23.4. The van der Waals surface area contributed by atoms with Gasteiger partial charge in [-0.2, -0.15) is 0 Å². The minimum atomic E-state index is -0.254. The zero-order valence-corrected chi connectivity index (χ0v) is 15.4. The first-order valence-corrected chi connectivity index (χ1v) is 9.02. The van der Waals surface area contributed by atoms with Gasteiger partial charge in [-0.15, -0.1) is 11.8 Å². The SMILES string of the molecule is COc1ccc([C@@H](C)NC(=O)CSCc2ccc(F)cc2)cc1OC. The smallest absolute Gasteiger partial charge is 0.230 e. The van der Waals surface area contributed by atoms with Gasteiger partial charge in [0.1, 0.15) is 5.82 Å². The number of thioether (sulfide) groups is 1. The molecule has 0 bridgehead atoms. The molecule has 134 valence electrons. The number of rotatable bonds is 8. The zero-order valence-electron chi connectivity index (χ0n) is 14.5. The van der Waals surface area contributed by atoms with Crippen LogP contribution >= 0.6 is 11.8 Å². The monoisotopic (exact) mass is 363 g/mol. The van der Waals surface area contributed by atoms with E-state index >= 15 is 0 Å². The molecule has 2 aromatic carbocycles. The van der Waals surface area contributed by atoms with Crippen molar-refractivity contribution in [1.82, 2.24) is 5.32 Å². The molecule has 1 atom stereocenters. The Morgan fingerprint density at radius 3 is 2.44 bits per heavy atom. The summed E-state index contributed by atoms with van der Waals surface area (Å²) in [6.07, 6.45) is 0. The molecule has 0 unspecified atom stereocenters. The number of halogens is 1. The number of hydrogen-bond acceptors (Lipinski definition) is 4. The number of amides is 1. The highest BCUT2D eigenvalue weighted by atomic mass is 32.2. The molecule has 0 radical (unpaired) electrons. The van der Waals surface area contributed by atoms with Crippen LogP contribution in [0.3, 0.4) is 0 Å². The van der Waals surface area contributed by atoms with Crippen molar-refractivity contribution in [3.63, 3.8) is 0 Å². The lowest BCUT2D eigenvalue weighted by Crippen LogP contribution is -2.28. The van der Waals surface area contributed by atoms with Crippen molar-refractivity contribution in [1.29, 1.82) is 0 Å². The van der Waals surface area contributed by atoms with Gasteiger partial charge in [-0.1, -0.05) is 18.2 Å². The van der Waals surface area contributed by atoms with Gasteiger partial charge in [0.15, 0.2) is 11.5 Å². The maximum Gasteiger partial charge on any atom is 0.230 e. The minimum Gasteiger partial charge on any atom is -0.493 e. The fourth-order valence-corrected chi connectivity index (χ4v) is 3.13. The van der Waals surface area contributed by atoms with E-state index in [0.29, 0.717) is 23.0 Å². The summed E-state index contributed by atoms with van der Waals surface area (Å²) in [6, 6.07) is 11.7. The molecule has 0 aliphatic carbocycles. The van der Waals surface area contributed by atoms with Gasteiger partial charge >= 0.3 is 0 Å². The van der Waals surface area contributed by atoms with Crippen LogP contribution < -0.4 is 14.8 Å². The molecule has 0 aliphatic rings. The average molecular weight is 363 g/mol. The standard InChI is InChI=1S/C19H22FNO3S/c1-13(15-6-9-17(23-2)18(10-15)24-3)21-19(22)12-25-11-14-4-7-16(20)8-5-14/h4-10,13H,11-12H2,1-3H3,(H,21,22)/t13-/m1/s1. The van der Waals surface area contributed by atoms with E-state index in [0.717, 1.165) is 11.1 Å². The number of nitrogens with one attached hydrogen (secondary N) is 1. The Hall–Kier alpha value is -2.21. The molecule has 0 aromatic heterocycles. The van der Waals surface area contributed by atoms with Crippen molar-refractivity contribution in [2.24, 2.45) is 0 Å². The summed E-state index contributed by atoms with van der Waals surface area (Å²) in [5, 5.41) is 2.96. The fraction of sp³-hybridized carbons (Fsp3) is 0.316. The molecular formula is C19H22FNO3S. The first kappa shape index (κ1) is 19.1. The van der Waals surface area contributed by atoms with Gasteiger partial charge in [-0.05, 0) is 42.3 Å². The molecule has 0 spiro atoms. The van der Waals surface area contributed by atoms with Crippen molar-refractivity contribution >= 4 is 17.7 Å². The third-order valence-corrected chi connectivity index (χ3v) is 4.70. The van der Waals surface area contributed by atoms with Crippen LogP contribution in [0.25, 0.3) is 0 Å². The summed E-state index contributed by atoms with van der Waals surface area (Å²) in [5.41, 5.74) is 1.93. The highest BCUT2D eigenvalue weighted by Gasteiger charge is 2.12. The molecule has 2 rings (SSSR count). The van der Waals surface area contributed by atoms with E-state index in [4.69, 9.17) is 9.47 Å². The summed E-state index contributed by atoms with van der Waals surface area (Å²) in [5.74, 6) is 1.99. The number of methoxy groups -OCH3 is 2. The lowest BCUT2D eigenvalue weighted by molar-refractivity contribution is -0.119. The maximum absolute atomic E-state index is 12.9. The van der Waals surface area contributed by atoms with E-state index in [1.165, 1.54) is 23.9 Å². The van der Waals surface area contributed by atoms with Crippen LogP contribution in [-0.4, -0.2) is 25.9 Å². The van der Waals surface area contributed by atoms with Crippen LogP contribution in [-0.2, 0) is 10.5 Å². The second-order valence-corrected chi connectivity index (χ2v) is 6.51. The van der Waals surface area contributed by atoms with Gasteiger partial charge in [0.2, 0.25) is 5.91 Å². The van der Waals surface area contributed by atoms with Gasteiger partial charge in [-0.25, -0.2) is 4.39 Å². The highest BCUT2D eigenvalue weighted by Crippen LogP contribution is 2.29. The van der Waals surface area contributed by atoms with Gasteiger partial charge in [0, 0.05) is 5.75 Å². The highest BCUT2D eigenvalue weighted by molar-refractivity contribution is 7.99. The normalized spacial score (nSPS) is 11.7. The molecule has 6 heteroatoms. The topological polar surface area (TPSA) is 47.6 Å². The Bertz CT molecular complexity index is 706. The van der Waals surface area contributed by atoms with Crippen LogP contribution in [0, 0.1) is 5.82 Å². The Labute approximate surface area is 151 Å². The first-order chi connectivity index (χ1) is 12.0. The number of hydrogen-bond donors (Lipinski definition) is 1. The van der Waals surface area contributed by atoms with Crippen molar-refractivity contribution in [2.45, 2.75) is 18.7 Å². The summed E-state index contributed by atoms with van der Waals surface area (Å²) in [7, 11) is 3.16. The quantitative estimate of drug-likeness (QED) is 0.771. The van der Waals surface area contributed by atoms with Gasteiger partial charge in [-0.3, -0.25) is 4.79 Å². The summed E-state index contributed by atoms with van der Waals surface area (Å²) in [4.78, 5) is 12.1. The Kier molecular flexibility index (Phi) is 7.13. The van der Waals surface area contributed by atoms with Crippen molar-refractivity contribution in [2.75, 3.05) is 20.0 Å². The molecule has 4 nitrogen and oxygen atoms in total. The Morgan fingerprint density at radius 1 is 1.12 bits per heavy atom. The Morgan fingerprint density at radius 2 is 1.80 bits per heavy atom. The predicted octanol–water partition coefficient (Wildman–Crippen LogP) is 3.95. The van der Waals surface area contributed by atoms with Gasteiger partial charge in [0.25, 0.3) is 0 Å². The van der Waals surface area contributed by atoms with E-state index in [9.17, 15) is 9.18 Å². The molecule has 0 saturated heterocycles. The lowest BCUT2D eigenvalue weighted by atomic mass is 10.1. The van der Waals surface area contributed by atoms with Crippen LogP contribution in [0.15, 0.2) is 42.5 Å². The number of benzene rings is 2. The van der Waals surface area contributed by atoms with E-state index in [2.05, 4.69) is 5.32 Å². The van der Waals surface area contributed by atoms with Crippen molar-refractivity contribution in [3.05, 3.63) is 59.4 Å². The third kappa shape index (κ3) is 5.67. The largest absolute Gasteiger partial charge is 0.493 e. The molecule has 0 fully saturated rings. The average Bonchev–Trinajstić information content (AvgIpc) is 2.62. The summed E-state index contributed by atoms with van der Waals surface area (Å²) in [6.45, 7) is 1.92. The van der Waals surface area contributed by atoms with E-state index < -0.39 is 0 Å². The molecule has 0 saturated carbocycles. The molecule has 2 aromatic rings. The van der Waals surface area contributed by atoms with E-state index in [1.807, 2.05) is 25.1 Å². The molecule has 1 N–H and O–H groups in total. The maximum atomic E-state index is 12.9. The van der Waals surface area contributed by atoms with Crippen LogP contribution in [0.4, 0.5) is 4.39 Å². The second-order valence-electron chi connectivity index (χ2n) is 5.52. The molecular weight excluding hydrogens is 341 g/mol. The van der Waals surface area contributed by atoms with Crippen LogP contribution in [0.2, 0.25) is 0 Å². The van der Waals surface area contributed by atoms with Crippen molar-refractivity contribution in [3.8, 4) is 11.5 Å². The van der Waals surface area contributed by atoms with Gasteiger partial charge < -0.3 is 14.8 Å². The third-order valence-electron chi connectivity index (χ3n) is 3.70. The molecule has 0 heterocycles. The van der Waals surface area contributed by atoms with Crippen LogP contribution in [0.5, 0.6) is 11.5 Å². The molecule has 1 amide bonds. The van der Waals surface area contributed by atoms with Crippen LogP contribution in [0.1, 0.15) is 24.1 Å². The fourth-order valence-electron chi connectivity index (χ4n) is 2.33. The number of carbonyl (C=O) groups is 1. The zero-order chi connectivity index (χ0) is 18.2. The summed E-state index contributed by atoms with van der Waals surface area (Å²) >= 11 is 1.49. The predicted molar refractivity (Wildman–Crippen MR) is 98.7 cm³/mol. The number of ether oxygens (including phenoxy) is 2. The van der Waals surface area contributed by atoms with E-state index in [1.54, 1.807) is 26.4 Å².